The highest BCUT2D eigenvalue weighted by molar-refractivity contribution is 8.15. The van der Waals surface area contributed by atoms with Gasteiger partial charge in [0.15, 0.2) is 5.78 Å². The molecule has 0 radical (unpaired) electrons. The van der Waals surface area contributed by atoms with Crippen LogP contribution in [0.2, 0.25) is 0 Å². The molecule has 2 unspecified atom stereocenters. The Hall–Kier alpha value is -1.46. The van der Waals surface area contributed by atoms with Crippen LogP contribution in [0.3, 0.4) is 0 Å². The fourth-order valence-electron chi connectivity index (χ4n) is 3.07. The lowest BCUT2D eigenvalue weighted by molar-refractivity contribution is -0.122. The van der Waals surface area contributed by atoms with E-state index in [1.54, 1.807) is 24.3 Å². The van der Waals surface area contributed by atoms with E-state index in [2.05, 4.69) is 0 Å². The molecule has 5 heteroatoms. The van der Waals surface area contributed by atoms with Gasteiger partial charge < -0.3 is 0 Å². The molecule has 110 valence electrons. The zero-order valence-electron chi connectivity index (χ0n) is 11.7. The number of thioether (sulfide) groups is 1. The molecule has 0 bridgehead atoms. The van der Waals surface area contributed by atoms with Crippen LogP contribution in [0.1, 0.15) is 24.9 Å². The number of rotatable bonds is 3. The summed E-state index contributed by atoms with van der Waals surface area (Å²) < 4.78 is 14.0. The molecule has 1 saturated heterocycles. The molecule has 3 nitrogen and oxygen atoms in total. The normalized spacial score (nSPS) is 23.6. The first-order valence-electron chi connectivity index (χ1n) is 6.96. The van der Waals surface area contributed by atoms with Crippen LogP contribution in [-0.4, -0.2) is 34.1 Å². The smallest absolute Gasteiger partial charge is 0.212 e. The SMILES string of the molecule is CC(=O)C(c1ccccc1F)N1CCC2SC(=O)C=C2C1. The van der Waals surface area contributed by atoms with Crippen molar-refractivity contribution in [1.82, 2.24) is 4.90 Å². The molecule has 0 spiro atoms. The maximum atomic E-state index is 14.0. The summed E-state index contributed by atoms with van der Waals surface area (Å²) in [5.41, 5.74) is 1.47. The number of likely N-dealkylation sites (tertiary alicyclic amines) is 1. The van der Waals surface area contributed by atoms with Gasteiger partial charge >= 0.3 is 0 Å². The molecule has 1 aromatic rings. The summed E-state index contributed by atoms with van der Waals surface area (Å²) in [5, 5.41) is 0.323. The third-order valence-electron chi connectivity index (χ3n) is 3.99. The lowest BCUT2D eigenvalue weighted by atomic mass is 9.96. The van der Waals surface area contributed by atoms with Gasteiger partial charge in [0.2, 0.25) is 5.12 Å². The Morgan fingerprint density at radius 2 is 2.19 bits per heavy atom. The molecule has 0 aliphatic carbocycles. The van der Waals surface area contributed by atoms with E-state index in [1.807, 2.05) is 4.90 Å². The summed E-state index contributed by atoms with van der Waals surface area (Å²) in [7, 11) is 0. The van der Waals surface area contributed by atoms with Gasteiger partial charge in [0.1, 0.15) is 5.82 Å². The average molecular weight is 305 g/mol. The van der Waals surface area contributed by atoms with E-state index in [0.717, 1.165) is 12.0 Å². The molecule has 0 aromatic heterocycles. The zero-order chi connectivity index (χ0) is 15.0. The van der Waals surface area contributed by atoms with Crippen LogP contribution >= 0.6 is 11.8 Å². The molecule has 21 heavy (non-hydrogen) atoms. The first kappa shape index (κ1) is 14.5. The number of carbonyl (C=O) groups excluding carboxylic acids is 2. The second kappa shape index (κ2) is 5.73. The van der Waals surface area contributed by atoms with Crippen molar-refractivity contribution in [1.29, 1.82) is 0 Å². The minimum atomic E-state index is -0.575. The lowest BCUT2D eigenvalue weighted by Gasteiger charge is -2.36. The number of piperidine rings is 1. The van der Waals surface area contributed by atoms with E-state index < -0.39 is 6.04 Å². The van der Waals surface area contributed by atoms with E-state index in [1.165, 1.54) is 24.8 Å². The molecule has 1 aromatic carbocycles. The molecule has 0 saturated carbocycles. The van der Waals surface area contributed by atoms with Gasteiger partial charge in [-0.3, -0.25) is 14.5 Å². The van der Waals surface area contributed by atoms with Crippen LogP contribution in [-0.2, 0) is 9.59 Å². The predicted octanol–water partition coefficient (Wildman–Crippen LogP) is 2.73. The number of hydrogen-bond donors (Lipinski definition) is 0. The third kappa shape index (κ3) is 2.80. The number of nitrogens with zero attached hydrogens (tertiary/aromatic N) is 1. The van der Waals surface area contributed by atoms with Gasteiger partial charge in [-0.05, 0) is 31.1 Å². The first-order valence-corrected chi connectivity index (χ1v) is 7.84. The molecular weight excluding hydrogens is 289 g/mol. The zero-order valence-corrected chi connectivity index (χ0v) is 12.5. The van der Waals surface area contributed by atoms with Gasteiger partial charge in [0.05, 0.1) is 6.04 Å². The number of Topliss-reactive ketones (excluding diaryl/α,β-unsaturated/α-hetero) is 1. The van der Waals surface area contributed by atoms with E-state index in [-0.39, 0.29) is 22.0 Å². The van der Waals surface area contributed by atoms with Crippen molar-refractivity contribution in [3.8, 4) is 0 Å². The second-order valence-electron chi connectivity index (χ2n) is 5.44. The van der Waals surface area contributed by atoms with Crippen molar-refractivity contribution in [3.05, 3.63) is 47.3 Å². The Bertz CT molecular complexity index is 628. The topological polar surface area (TPSA) is 37.4 Å². The second-order valence-corrected chi connectivity index (χ2v) is 6.65. The Morgan fingerprint density at radius 1 is 1.43 bits per heavy atom. The van der Waals surface area contributed by atoms with Crippen LogP contribution in [0.4, 0.5) is 4.39 Å². The Kier molecular flexibility index (Phi) is 3.95. The molecule has 0 amide bonds. The van der Waals surface area contributed by atoms with Gasteiger partial charge in [0, 0.05) is 23.9 Å². The standard InChI is InChI=1S/C16H16FNO2S/c1-10(19)16(12-4-2-3-5-13(12)17)18-7-6-14-11(9-18)8-15(20)21-14/h2-5,8,14,16H,6-7,9H2,1H3. The minimum Gasteiger partial charge on any atom is -0.298 e. The summed E-state index contributed by atoms with van der Waals surface area (Å²) in [6.45, 7) is 2.75. The van der Waals surface area contributed by atoms with Gasteiger partial charge in [-0.2, -0.15) is 0 Å². The summed E-state index contributed by atoms with van der Waals surface area (Å²) in [6, 6.07) is 5.84. The van der Waals surface area contributed by atoms with Crippen LogP contribution < -0.4 is 0 Å². The molecule has 1 fully saturated rings. The fourth-order valence-corrected chi connectivity index (χ4v) is 4.09. The van der Waals surface area contributed by atoms with Crippen LogP contribution in [0.15, 0.2) is 35.9 Å². The summed E-state index contributed by atoms with van der Waals surface area (Å²) in [6.07, 6.45) is 2.49. The lowest BCUT2D eigenvalue weighted by Crippen LogP contribution is -2.41. The number of fused-ring (bicyclic) bond motifs is 1. The van der Waals surface area contributed by atoms with Gasteiger partial charge in [-0.25, -0.2) is 4.39 Å². The predicted molar refractivity (Wildman–Crippen MR) is 80.5 cm³/mol. The van der Waals surface area contributed by atoms with Crippen molar-refractivity contribution in [2.24, 2.45) is 0 Å². The Morgan fingerprint density at radius 3 is 2.90 bits per heavy atom. The highest BCUT2D eigenvalue weighted by Gasteiger charge is 2.36. The Balaban J connectivity index is 1.89. The van der Waals surface area contributed by atoms with Gasteiger partial charge in [-0.1, -0.05) is 30.0 Å². The highest BCUT2D eigenvalue weighted by atomic mass is 32.2. The molecule has 2 heterocycles. The van der Waals surface area contributed by atoms with E-state index >= 15 is 0 Å². The molecule has 2 aliphatic heterocycles. The number of halogens is 1. The number of hydrogen-bond acceptors (Lipinski definition) is 4. The molecule has 2 aliphatic rings. The Labute approximate surface area is 127 Å². The first-order chi connectivity index (χ1) is 10.1. The van der Waals surface area contributed by atoms with Crippen LogP contribution in [0, 0.1) is 5.82 Å². The van der Waals surface area contributed by atoms with Crippen molar-refractivity contribution in [2.45, 2.75) is 24.6 Å². The fraction of sp³-hybridized carbons (Fsp3) is 0.375. The quantitative estimate of drug-likeness (QED) is 0.860. The number of ketones is 1. The molecular formula is C16H16FNO2S. The monoisotopic (exact) mass is 305 g/mol. The van der Waals surface area contributed by atoms with Crippen molar-refractivity contribution in [3.63, 3.8) is 0 Å². The average Bonchev–Trinajstić information content (AvgIpc) is 2.80. The van der Waals surface area contributed by atoms with Crippen molar-refractivity contribution >= 4 is 22.7 Å². The number of carbonyl (C=O) groups is 2. The van der Waals surface area contributed by atoms with E-state index in [4.69, 9.17) is 0 Å². The van der Waals surface area contributed by atoms with Crippen molar-refractivity contribution in [2.75, 3.05) is 13.1 Å². The summed E-state index contributed by atoms with van der Waals surface area (Å²) in [5.74, 6) is -0.429. The van der Waals surface area contributed by atoms with E-state index in [9.17, 15) is 14.0 Å². The maximum Gasteiger partial charge on any atom is 0.212 e. The van der Waals surface area contributed by atoms with Gasteiger partial charge in [0.25, 0.3) is 0 Å². The highest BCUT2D eigenvalue weighted by Crippen LogP contribution is 2.37. The largest absolute Gasteiger partial charge is 0.298 e. The summed E-state index contributed by atoms with van der Waals surface area (Å²) in [4.78, 5) is 25.5. The minimum absolute atomic E-state index is 0.0730. The molecule has 2 atom stereocenters. The van der Waals surface area contributed by atoms with E-state index in [0.29, 0.717) is 18.7 Å². The molecule has 3 rings (SSSR count). The number of benzene rings is 1. The van der Waals surface area contributed by atoms with Crippen molar-refractivity contribution < 1.29 is 14.0 Å². The maximum absolute atomic E-state index is 14.0. The third-order valence-corrected chi connectivity index (χ3v) is 5.16. The van der Waals surface area contributed by atoms with Crippen LogP contribution in [0.25, 0.3) is 0 Å². The van der Waals surface area contributed by atoms with Crippen LogP contribution in [0.5, 0.6) is 0 Å². The van der Waals surface area contributed by atoms with Gasteiger partial charge in [-0.15, -0.1) is 0 Å². The summed E-state index contributed by atoms with van der Waals surface area (Å²) >= 11 is 1.35. The molecule has 0 N–H and O–H groups in total.